The zero-order valence-corrected chi connectivity index (χ0v) is 9.82. The van der Waals surface area contributed by atoms with Crippen LogP contribution >= 0.6 is 0 Å². The van der Waals surface area contributed by atoms with Gasteiger partial charge in [0.25, 0.3) is 6.43 Å². The molecule has 0 aliphatic heterocycles. The Kier molecular flexibility index (Phi) is 4.27. The number of nitrogens with zero attached hydrogens (tertiary/aromatic N) is 2. The zero-order chi connectivity index (χ0) is 13.0. The standard InChI is InChI=1S/C12H15F2N3/c1-8(6-15)7-17(2)11-4-3-9(16)5-10(11)12(13)14/h3-5,8,12H,7,16H2,1-2H3. The van der Waals surface area contributed by atoms with Crippen LogP contribution in [0.1, 0.15) is 18.9 Å². The van der Waals surface area contributed by atoms with Gasteiger partial charge in [-0.1, -0.05) is 0 Å². The summed E-state index contributed by atoms with van der Waals surface area (Å²) in [6.07, 6.45) is -2.58. The molecule has 0 saturated carbocycles. The molecule has 0 aromatic heterocycles. The predicted molar refractivity (Wildman–Crippen MR) is 63.9 cm³/mol. The fraction of sp³-hybridized carbons (Fsp3) is 0.417. The molecule has 1 rings (SSSR count). The summed E-state index contributed by atoms with van der Waals surface area (Å²) in [5, 5.41) is 8.71. The molecule has 1 aromatic rings. The van der Waals surface area contributed by atoms with Crippen LogP contribution in [0.3, 0.4) is 0 Å². The molecule has 1 atom stereocenters. The largest absolute Gasteiger partial charge is 0.399 e. The lowest BCUT2D eigenvalue weighted by atomic mass is 10.1. The van der Waals surface area contributed by atoms with Gasteiger partial charge in [-0.05, 0) is 25.1 Å². The molecule has 0 bridgehead atoms. The highest BCUT2D eigenvalue weighted by atomic mass is 19.3. The molecule has 0 saturated heterocycles. The minimum atomic E-state index is -2.58. The van der Waals surface area contributed by atoms with Crippen LogP contribution in [0, 0.1) is 17.2 Å². The van der Waals surface area contributed by atoms with E-state index in [0.29, 0.717) is 17.9 Å². The molecule has 0 fully saturated rings. The van der Waals surface area contributed by atoms with E-state index >= 15 is 0 Å². The third-order valence-electron chi connectivity index (χ3n) is 2.47. The number of nitrogens with two attached hydrogens (primary N) is 1. The lowest BCUT2D eigenvalue weighted by molar-refractivity contribution is 0.152. The van der Waals surface area contributed by atoms with Crippen molar-refractivity contribution in [3.63, 3.8) is 0 Å². The van der Waals surface area contributed by atoms with Crippen LogP contribution in [0.5, 0.6) is 0 Å². The Bertz CT molecular complexity index is 426. The Morgan fingerprint density at radius 3 is 2.65 bits per heavy atom. The van der Waals surface area contributed by atoms with Crippen LogP contribution in [-0.4, -0.2) is 13.6 Å². The van der Waals surface area contributed by atoms with Crippen molar-refractivity contribution >= 4 is 11.4 Å². The van der Waals surface area contributed by atoms with E-state index in [4.69, 9.17) is 11.0 Å². The van der Waals surface area contributed by atoms with Crippen molar-refractivity contribution in [1.29, 1.82) is 5.26 Å². The van der Waals surface area contributed by atoms with Crippen molar-refractivity contribution in [3.8, 4) is 6.07 Å². The number of benzene rings is 1. The molecule has 3 nitrogen and oxygen atoms in total. The first-order valence-electron chi connectivity index (χ1n) is 5.24. The van der Waals surface area contributed by atoms with Crippen LogP contribution < -0.4 is 10.6 Å². The molecule has 0 aliphatic carbocycles. The summed E-state index contributed by atoms with van der Waals surface area (Å²) in [5.74, 6) is -0.219. The first-order chi connectivity index (χ1) is 7.95. The Morgan fingerprint density at radius 1 is 1.47 bits per heavy atom. The fourth-order valence-corrected chi connectivity index (χ4v) is 1.65. The summed E-state index contributed by atoms with van der Waals surface area (Å²) in [6.45, 7) is 2.15. The minimum Gasteiger partial charge on any atom is -0.399 e. The first-order valence-corrected chi connectivity index (χ1v) is 5.24. The van der Waals surface area contributed by atoms with Gasteiger partial charge in [-0.3, -0.25) is 0 Å². The molecule has 0 heterocycles. The average molecular weight is 239 g/mol. The van der Waals surface area contributed by atoms with Crippen LogP contribution in [0.25, 0.3) is 0 Å². The monoisotopic (exact) mass is 239 g/mol. The second-order valence-corrected chi connectivity index (χ2v) is 4.03. The number of nitriles is 1. The number of anilines is 2. The number of halogens is 2. The number of hydrogen-bond acceptors (Lipinski definition) is 3. The zero-order valence-electron chi connectivity index (χ0n) is 9.82. The van der Waals surface area contributed by atoms with Gasteiger partial charge in [0.2, 0.25) is 0 Å². The van der Waals surface area contributed by atoms with Crippen molar-refractivity contribution in [2.75, 3.05) is 24.2 Å². The number of hydrogen-bond donors (Lipinski definition) is 1. The molecule has 1 aromatic carbocycles. The smallest absolute Gasteiger partial charge is 0.265 e. The Hall–Kier alpha value is -1.83. The van der Waals surface area contributed by atoms with Crippen molar-refractivity contribution in [1.82, 2.24) is 0 Å². The SMILES string of the molecule is CC(C#N)CN(C)c1ccc(N)cc1C(F)F. The summed E-state index contributed by atoms with van der Waals surface area (Å²) < 4.78 is 25.7. The van der Waals surface area contributed by atoms with Crippen molar-refractivity contribution in [2.24, 2.45) is 5.92 Å². The van der Waals surface area contributed by atoms with E-state index in [0.717, 1.165) is 0 Å². The number of nitrogen functional groups attached to an aromatic ring is 1. The van der Waals surface area contributed by atoms with E-state index in [1.54, 1.807) is 31.0 Å². The molecule has 0 spiro atoms. The van der Waals surface area contributed by atoms with Gasteiger partial charge in [0, 0.05) is 30.5 Å². The van der Waals surface area contributed by atoms with Gasteiger partial charge in [-0.2, -0.15) is 5.26 Å². The number of rotatable bonds is 4. The van der Waals surface area contributed by atoms with Crippen LogP contribution in [0.2, 0.25) is 0 Å². The highest BCUT2D eigenvalue weighted by molar-refractivity contribution is 5.60. The second-order valence-electron chi connectivity index (χ2n) is 4.03. The van der Waals surface area contributed by atoms with Crippen LogP contribution in [0.4, 0.5) is 20.2 Å². The van der Waals surface area contributed by atoms with E-state index < -0.39 is 6.43 Å². The molecule has 92 valence electrons. The Morgan fingerprint density at radius 2 is 2.12 bits per heavy atom. The molecular weight excluding hydrogens is 224 g/mol. The first kappa shape index (κ1) is 13.2. The summed E-state index contributed by atoms with van der Waals surface area (Å²) in [4.78, 5) is 1.65. The summed E-state index contributed by atoms with van der Waals surface area (Å²) >= 11 is 0. The molecule has 5 heteroatoms. The molecule has 17 heavy (non-hydrogen) atoms. The van der Waals surface area contributed by atoms with Crippen molar-refractivity contribution in [3.05, 3.63) is 23.8 Å². The van der Waals surface area contributed by atoms with Crippen molar-refractivity contribution in [2.45, 2.75) is 13.3 Å². The van der Waals surface area contributed by atoms with Gasteiger partial charge in [-0.25, -0.2) is 8.78 Å². The van der Waals surface area contributed by atoms with Crippen LogP contribution in [0.15, 0.2) is 18.2 Å². The quantitative estimate of drug-likeness (QED) is 0.822. The summed E-state index contributed by atoms with van der Waals surface area (Å²) in [7, 11) is 1.69. The van der Waals surface area contributed by atoms with Gasteiger partial charge >= 0.3 is 0 Å². The highest BCUT2D eigenvalue weighted by Gasteiger charge is 2.17. The molecule has 0 radical (unpaired) electrons. The maximum atomic E-state index is 12.8. The Labute approximate surface area is 99.4 Å². The maximum absolute atomic E-state index is 12.8. The van der Waals surface area contributed by atoms with Gasteiger partial charge in [0.1, 0.15) is 0 Å². The van der Waals surface area contributed by atoms with E-state index in [2.05, 4.69) is 6.07 Å². The van der Waals surface area contributed by atoms with Gasteiger partial charge < -0.3 is 10.6 Å². The highest BCUT2D eigenvalue weighted by Crippen LogP contribution is 2.31. The lowest BCUT2D eigenvalue weighted by Crippen LogP contribution is -2.24. The molecular formula is C12H15F2N3. The maximum Gasteiger partial charge on any atom is 0.265 e. The predicted octanol–water partition coefficient (Wildman–Crippen LogP) is 2.80. The molecule has 2 N–H and O–H groups in total. The summed E-state index contributed by atoms with van der Waals surface area (Å²) in [5.41, 5.74) is 6.11. The molecule has 0 amide bonds. The summed E-state index contributed by atoms with van der Waals surface area (Å²) in [6, 6.07) is 6.48. The molecule has 0 aliphatic rings. The van der Waals surface area contributed by atoms with E-state index in [1.165, 1.54) is 6.07 Å². The minimum absolute atomic E-state index is 0.0994. The number of alkyl halides is 2. The van der Waals surface area contributed by atoms with Gasteiger partial charge in [0.15, 0.2) is 0 Å². The fourth-order valence-electron chi connectivity index (χ4n) is 1.65. The Balaban J connectivity index is 3.01. The normalized spacial score (nSPS) is 12.2. The lowest BCUT2D eigenvalue weighted by Gasteiger charge is -2.23. The molecule has 1 unspecified atom stereocenters. The van der Waals surface area contributed by atoms with E-state index in [1.807, 2.05) is 0 Å². The van der Waals surface area contributed by atoms with Crippen LogP contribution in [-0.2, 0) is 0 Å². The third-order valence-corrected chi connectivity index (χ3v) is 2.47. The topological polar surface area (TPSA) is 53.0 Å². The average Bonchev–Trinajstić information content (AvgIpc) is 2.28. The van der Waals surface area contributed by atoms with Crippen molar-refractivity contribution < 1.29 is 8.78 Å². The van der Waals surface area contributed by atoms with Gasteiger partial charge in [-0.15, -0.1) is 0 Å². The third kappa shape index (κ3) is 3.31. The van der Waals surface area contributed by atoms with E-state index in [9.17, 15) is 8.78 Å². The van der Waals surface area contributed by atoms with Gasteiger partial charge in [0.05, 0.1) is 12.0 Å². The van der Waals surface area contributed by atoms with E-state index in [-0.39, 0.29) is 11.5 Å². The second kappa shape index (κ2) is 5.48.